The van der Waals surface area contributed by atoms with Crippen LogP contribution in [0.2, 0.25) is 0 Å². The molecule has 2 aromatic rings. The molecule has 3 rings (SSSR count). The van der Waals surface area contributed by atoms with E-state index in [0.29, 0.717) is 6.61 Å². The first-order chi connectivity index (χ1) is 11.2. The zero-order chi connectivity index (χ0) is 16.2. The largest absolute Gasteiger partial charge is 0.371 e. The Hall–Kier alpha value is -1.86. The third kappa shape index (κ3) is 3.73. The molecule has 23 heavy (non-hydrogen) atoms. The summed E-state index contributed by atoms with van der Waals surface area (Å²) in [6, 6.07) is 3.94. The van der Waals surface area contributed by atoms with Crippen molar-refractivity contribution in [3.63, 3.8) is 0 Å². The summed E-state index contributed by atoms with van der Waals surface area (Å²) in [5, 5.41) is 12.3. The lowest BCUT2D eigenvalue weighted by Crippen LogP contribution is -2.44. The molecule has 1 aliphatic heterocycles. The number of carbonyl (C=O) groups is 1. The number of aryl methyl sites for hydroxylation is 1. The fraction of sp³-hybridized carbons (Fsp3) is 0.500. The van der Waals surface area contributed by atoms with E-state index in [1.807, 2.05) is 24.7 Å². The van der Waals surface area contributed by atoms with Gasteiger partial charge in [-0.3, -0.25) is 4.68 Å². The maximum Gasteiger partial charge on any atom is 0.315 e. The Balaban J connectivity index is 1.60. The number of nitrogens with one attached hydrogen (secondary N) is 2. The first-order valence-corrected chi connectivity index (χ1v) is 8.76. The number of nitrogens with zero attached hydrogens (tertiary/aromatic N) is 2. The van der Waals surface area contributed by atoms with Crippen molar-refractivity contribution in [3.8, 4) is 0 Å². The molecule has 3 heterocycles. The minimum atomic E-state index is -0.144. The van der Waals surface area contributed by atoms with Crippen LogP contribution in [0.25, 0.3) is 0 Å². The molecule has 1 aliphatic rings. The molecule has 124 valence electrons. The van der Waals surface area contributed by atoms with Gasteiger partial charge in [0.2, 0.25) is 0 Å². The van der Waals surface area contributed by atoms with Crippen molar-refractivity contribution in [2.45, 2.75) is 38.0 Å². The Morgan fingerprint density at radius 2 is 2.48 bits per heavy atom. The molecule has 0 bridgehead atoms. The summed E-state index contributed by atoms with van der Waals surface area (Å²) < 4.78 is 7.52. The van der Waals surface area contributed by atoms with Gasteiger partial charge >= 0.3 is 6.03 Å². The summed E-state index contributed by atoms with van der Waals surface area (Å²) in [6.45, 7) is 2.72. The molecule has 7 heteroatoms. The van der Waals surface area contributed by atoms with Crippen LogP contribution < -0.4 is 10.6 Å². The molecule has 1 fully saturated rings. The monoisotopic (exact) mass is 334 g/mol. The molecule has 2 aromatic heterocycles. The molecule has 1 saturated heterocycles. The number of aromatic nitrogens is 2. The van der Waals surface area contributed by atoms with Crippen LogP contribution >= 0.6 is 11.3 Å². The van der Waals surface area contributed by atoms with E-state index in [-0.39, 0.29) is 24.2 Å². The van der Waals surface area contributed by atoms with Crippen molar-refractivity contribution in [1.82, 2.24) is 20.4 Å². The molecule has 0 aliphatic carbocycles. The number of hydrogen-bond acceptors (Lipinski definition) is 4. The molecular formula is C16H22N4O2S. The number of rotatable bonds is 5. The fourth-order valence-corrected chi connectivity index (χ4v) is 3.75. The number of urea groups is 1. The highest BCUT2D eigenvalue weighted by molar-refractivity contribution is 7.10. The number of ether oxygens (including phenoxy) is 1. The molecule has 0 unspecified atom stereocenters. The Labute approximate surface area is 139 Å². The highest BCUT2D eigenvalue weighted by atomic mass is 32.1. The summed E-state index contributed by atoms with van der Waals surface area (Å²) in [4.78, 5) is 13.5. The van der Waals surface area contributed by atoms with E-state index in [4.69, 9.17) is 4.74 Å². The first kappa shape index (κ1) is 16.0. The molecule has 0 radical (unpaired) electrons. The second-order valence-corrected chi connectivity index (χ2v) is 6.71. The van der Waals surface area contributed by atoms with Crippen molar-refractivity contribution in [1.29, 1.82) is 0 Å². The maximum atomic E-state index is 12.4. The Bertz CT molecular complexity index is 640. The van der Waals surface area contributed by atoms with Gasteiger partial charge in [0, 0.05) is 30.3 Å². The van der Waals surface area contributed by atoms with E-state index >= 15 is 0 Å². The number of amides is 2. The van der Waals surface area contributed by atoms with Gasteiger partial charge in [-0.25, -0.2) is 4.79 Å². The molecule has 0 spiro atoms. The number of thiophene rings is 1. The minimum absolute atomic E-state index is 0.0277. The Morgan fingerprint density at radius 1 is 1.61 bits per heavy atom. The average molecular weight is 334 g/mol. The van der Waals surface area contributed by atoms with Crippen LogP contribution in [0.1, 0.15) is 42.4 Å². The van der Waals surface area contributed by atoms with Crippen molar-refractivity contribution in [2.75, 3.05) is 6.61 Å². The van der Waals surface area contributed by atoms with Crippen LogP contribution in [-0.2, 0) is 11.8 Å². The summed E-state index contributed by atoms with van der Waals surface area (Å²) in [6.07, 6.45) is 5.27. The summed E-state index contributed by atoms with van der Waals surface area (Å²) in [5.41, 5.74) is 1.00. The third-order valence-electron chi connectivity index (χ3n) is 4.06. The number of hydrogen-bond donors (Lipinski definition) is 2. The standard InChI is InChI=1S/C16H22N4O2S/c1-3-12(14-5-4-8-23-14)18-16(21)19-13-6-7-22-15(13)11-9-17-20(2)10-11/h4-5,8-10,12-13,15H,3,6-7H2,1-2H3,(H2,18,19,21)/t12-,13+,15-/m1/s1. The second kappa shape index (κ2) is 7.14. The first-order valence-electron chi connectivity index (χ1n) is 7.88. The lowest BCUT2D eigenvalue weighted by atomic mass is 10.1. The number of carbonyl (C=O) groups excluding carboxylic acids is 1. The smallest absolute Gasteiger partial charge is 0.315 e. The third-order valence-corrected chi connectivity index (χ3v) is 5.05. The Morgan fingerprint density at radius 3 is 3.13 bits per heavy atom. The van der Waals surface area contributed by atoms with Crippen LogP contribution in [0.4, 0.5) is 4.79 Å². The predicted molar refractivity (Wildman–Crippen MR) is 89.3 cm³/mol. The van der Waals surface area contributed by atoms with E-state index in [0.717, 1.165) is 18.4 Å². The maximum absolute atomic E-state index is 12.4. The summed E-state index contributed by atoms with van der Waals surface area (Å²) in [5.74, 6) is 0. The zero-order valence-electron chi connectivity index (χ0n) is 13.4. The lowest BCUT2D eigenvalue weighted by molar-refractivity contribution is 0.0997. The molecule has 0 aromatic carbocycles. The van der Waals surface area contributed by atoms with Crippen LogP contribution in [0.3, 0.4) is 0 Å². The van der Waals surface area contributed by atoms with Crippen molar-refractivity contribution >= 4 is 17.4 Å². The highest BCUT2D eigenvalue weighted by Crippen LogP contribution is 2.29. The second-order valence-electron chi connectivity index (χ2n) is 5.73. The fourth-order valence-electron chi connectivity index (χ4n) is 2.89. The SMILES string of the molecule is CC[C@@H](NC(=O)N[C@H]1CCO[C@@H]1c1cnn(C)c1)c1cccs1. The van der Waals surface area contributed by atoms with Gasteiger partial charge in [-0.05, 0) is 24.3 Å². The van der Waals surface area contributed by atoms with E-state index in [1.54, 1.807) is 22.2 Å². The van der Waals surface area contributed by atoms with Crippen LogP contribution in [-0.4, -0.2) is 28.5 Å². The van der Waals surface area contributed by atoms with Gasteiger partial charge in [-0.1, -0.05) is 13.0 Å². The molecule has 2 N–H and O–H groups in total. The highest BCUT2D eigenvalue weighted by Gasteiger charge is 2.32. The predicted octanol–water partition coefficient (Wildman–Crippen LogP) is 2.76. The topological polar surface area (TPSA) is 68.2 Å². The minimum Gasteiger partial charge on any atom is -0.371 e. The molecule has 2 amide bonds. The van der Waals surface area contributed by atoms with E-state index in [2.05, 4.69) is 28.7 Å². The Kier molecular flexibility index (Phi) is 4.97. The molecule has 6 nitrogen and oxygen atoms in total. The summed E-state index contributed by atoms with van der Waals surface area (Å²) in [7, 11) is 1.88. The van der Waals surface area contributed by atoms with Gasteiger partial charge in [0.25, 0.3) is 0 Å². The van der Waals surface area contributed by atoms with Crippen LogP contribution in [0.15, 0.2) is 29.9 Å². The molecular weight excluding hydrogens is 312 g/mol. The molecule has 0 saturated carbocycles. The van der Waals surface area contributed by atoms with E-state index in [1.165, 1.54) is 4.88 Å². The quantitative estimate of drug-likeness (QED) is 0.883. The lowest BCUT2D eigenvalue weighted by Gasteiger charge is -2.21. The van der Waals surface area contributed by atoms with Crippen molar-refractivity contribution in [2.24, 2.45) is 7.05 Å². The zero-order valence-corrected chi connectivity index (χ0v) is 14.2. The van der Waals surface area contributed by atoms with Crippen molar-refractivity contribution < 1.29 is 9.53 Å². The molecule has 3 atom stereocenters. The van der Waals surface area contributed by atoms with Gasteiger partial charge < -0.3 is 15.4 Å². The van der Waals surface area contributed by atoms with E-state index < -0.39 is 0 Å². The van der Waals surface area contributed by atoms with Crippen molar-refractivity contribution in [3.05, 3.63) is 40.3 Å². The van der Waals surface area contributed by atoms with Gasteiger partial charge in [0.1, 0.15) is 6.10 Å². The average Bonchev–Trinajstić information content (AvgIpc) is 3.25. The van der Waals surface area contributed by atoms with Crippen LogP contribution in [0, 0.1) is 0 Å². The normalized spacial score (nSPS) is 22.0. The van der Waals surface area contributed by atoms with E-state index in [9.17, 15) is 4.79 Å². The van der Waals surface area contributed by atoms with Crippen LogP contribution in [0.5, 0.6) is 0 Å². The van der Waals surface area contributed by atoms with Gasteiger partial charge in [0.15, 0.2) is 0 Å². The van der Waals surface area contributed by atoms with Gasteiger partial charge in [-0.15, -0.1) is 11.3 Å². The summed E-state index contributed by atoms with van der Waals surface area (Å²) >= 11 is 1.66. The van der Waals surface area contributed by atoms with Gasteiger partial charge in [-0.2, -0.15) is 5.10 Å². The van der Waals surface area contributed by atoms with Gasteiger partial charge in [0.05, 0.1) is 18.3 Å².